The molecule has 9 heteroatoms. The molecular weight excluding hydrogens is 432 g/mol. The molecule has 1 heterocycles. The van der Waals surface area contributed by atoms with Gasteiger partial charge in [0.2, 0.25) is 0 Å². The normalized spacial score (nSPS) is 18.5. The molecule has 0 spiro atoms. The average Bonchev–Trinajstić information content (AvgIpc) is 2.93. The molecule has 0 bridgehead atoms. The predicted molar refractivity (Wildman–Crippen MR) is 103 cm³/mol. The molecule has 2 aromatic rings. The standard InChI is InChI=1S/C19H15BrN2O6/c20-12-7-5-11(6-8-12)17(24)15-16(21(9-10-23)19(26)18(15)25)13-3-1-2-4-14(13)22(27)28/h1-8,16,23-24H,9-10H2/b17-15+. The van der Waals surface area contributed by atoms with Gasteiger partial charge in [0.1, 0.15) is 5.76 Å². The Morgan fingerprint density at radius 1 is 1.14 bits per heavy atom. The third-order valence-electron chi connectivity index (χ3n) is 4.43. The number of likely N-dealkylation sites (tertiary alicyclic amines) is 1. The highest BCUT2D eigenvalue weighted by Crippen LogP contribution is 2.42. The van der Waals surface area contributed by atoms with E-state index in [1.54, 1.807) is 30.3 Å². The van der Waals surface area contributed by atoms with E-state index in [2.05, 4.69) is 15.9 Å². The number of nitro groups is 1. The van der Waals surface area contributed by atoms with Crippen molar-refractivity contribution in [3.63, 3.8) is 0 Å². The lowest BCUT2D eigenvalue weighted by Gasteiger charge is -2.24. The van der Waals surface area contributed by atoms with E-state index in [4.69, 9.17) is 0 Å². The fraction of sp³-hybridized carbons (Fsp3) is 0.158. The molecule has 144 valence electrons. The topological polar surface area (TPSA) is 121 Å². The van der Waals surface area contributed by atoms with Gasteiger partial charge in [0, 0.05) is 22.6 Å². The smallest absolute Gasteiger partial charge is 0.295 e. The van der Waals surface area contributed by atoms with Crippen LogP contribution in [0.5, 0.6) is 0 Å². The summed E-state index contributed by atoms with van der Waals surface area (Å²) in [5, 5.41) is 31.6. The molecule has 1 aliphatic heterocycles. The molecule has 1 aliphatic rings. The first-order valence-corrected chi connectivity index (χ1v) is 9.04. The number of carbonyl (C=O) groups is 2. The Kier molecular flexibility index (Phi) is 5.57. The Morgan fingerprint density at radius 2 is 1.79 bits per heavy atom. The first-order valence-electron chi connectivity index (χ1n) is 8.25. The van der Waals surface area contributed by atoms with E-state index in [9.17, 15) is 29.9 Å². The number of aliphatic hydroxyl groups is 2. The summed E-state index contributed by atoms with van der Waals surface area (Å²) in [5.74, 6) is -2.33. The number of halogens is 1. The lowest BCUT2D eigenvalue weighted by molar-refractivity contribution is -0.385. The fourth-order valence-corrected chi connectivity index (χ4v) is 3.45. The van der Waals surface area contributed by atoms with Crippen molar-refractivity contribution in [2.24, 2.45) is 0 Å². The van der Waals surface area contributed by atoms with Crippen molar-refractivity contribution in [3.05, 3.63) is 79.8 Å². The van der Waals surface area contributed by atoms with Crippen LogP contribution in [0.25, 0.3) is 5.76 Å². The van der Waals surface area contributed by atoms with Crippen molar-refractivity contribution in [1.29, 1.82) is 0 Å². The van der Waals surface area contributed by atoms with Crippen molar-refractivity contribution in [3.8, 4) is 0 Å². The zero-order valence-corrected chi connectivity index (χ0v) is 16.0. The number of nitrogens with zero attached hydrogens (tertiary/aromatic N) is 2. The van der Waals surface area contributed by atoms with Gasteiger partial charge in [-0.25, -0.2) is 0 Å². The highest BCUT2D eigenvalue weighted by Gasteiger charge is 2.47. The van der Waals surface area contributed by atoms with Gasteiger partial charge < -0.3 is 15.1 Å². The highest BCUT2D eigenvalue weighted by molar-refractivity contribution is 9.10. The van der Waals surface area contributed by atoms with Gasteiger partial charge in [-0.2, -0.15) is 0 Å². The minimum absolute atomic E-state index is 0.0822. The number of ketones is 1. The van der Waals surface area contributed by atoms with Crippen LogP contribution in [0.1, 0.15) is 17.2 Å². The predicted octanol–water partition coefficient (Wildman–Crippen LogP) is 2.77. The summed E-state index contributed by atoms with van der Waals surface area (Å²) in [7, 11) is 0. The van der Waals surface area contributed by atoms with Crippen LogP contribution in [0.3, 0.4) is 0 Å². The van der Waals surface area contributed by atoms with E-state index in [1.807, 2.05) is 0 Å². The molecule has 2 N–H and O–H groups in total. The summed E-state index contributed by atoms with van der Waals surface area (Å²) < 4.78 is 0.750. The number of nitro benzene ring substituents is 1. The summed E-state index contributed by atoms with van der Waals surface area (Å²) >= 11 is 3.27. The quantitative estimate of drug-likeness (QED) is 0.239. The summed E-state index contributed by atoms with van der Waals surface area (Å²) in [6, 6.07) is 10.9. The largest absolute Gasteiger partial charge is 0.507 e. The van der Waals surface area contributed by atoms with Gasteiger partial charge in [0.25, 0.3) is 17.4 Å². The molecule has 2 aromatic carbocycles. The van der Waals surface area contributed by atoms with Crippen molar-refractivity contribution in [2.75, 3.05) is 13.2 Å². The van der Waals surface area contributed by atoms with Crippen molar-refractivity contribution >= 4 is 39.1 Å². The third kappa shape index (κ3) is 3.41. The Labute approximate surface area is 168 Å². The Bertz CT molecular complexity index is 986. The molecule has 3 rings (SSSR count). The number of para-hydroxylation sites is 1. The number of rotatable bonds is 5. The number of Topliss-reactive ketones (excluding diaryl/α,β-unsaturated/α-hetero) is 1. The molecule has 1 amide bonds. The number of benzene rings is 2. The molecular formula is C19H15BrN2O6. The highest BCUT2D eigenvalue weighted by atomic mass is 79.9. The maximum atomic E-state index is 12.7. The van der Waals surface area contributed by atoms with Crippen LogP contribution in [0.2, 0.25) is 0 Å². The molecule has 1 atom stereocenters. The fourth-order valence-electron chi connectivity index (χ4n) is 3.19. The molecule has 1 fully saturated rings. The number of hydrogen-bond acceptors (Lipinski definition) is 6. The van der Waals surface area contributed by atoms with Crippen LogP contribution in [-0.4, -0.2) is 44.9 Å². The number of amides is 1. The Morgan fingerprint density at radius 3 is 2.39 bits per heavy atom. The third-order valence-corrected chi connectivity index (χ3v) is 4.96. The molecule has 1 saturated heterocycles. The van der Waals surface area contributed by atoms with Crippen LogP contribution < -0.4 is 0 Å². The lowest BCUT2D eigenvalue weighted by Crippen LogP contribution is -2.32. The van der Waals surface area contributed by atoms with Crippen LogP contribution in [0.4, 0.5) is 5.69 Å². The van der Waals surface area contributed by atoms with E-state index < -0.39 is 35.0 Å². The molecule has 28 heavy (non-hydrogen) atoms. The van der Waals surface area contributed by atoms with E-state index in [0.29, 0.717) is 0 Å². The second-order valence-electron chi connectivity index (χ2n) is 6.04. The summed E-state index contributed by atoms with van der Waals surface area (Å²) in [6.45, 7) is -0.652. The van der Waals surface area contributed by atoms with Crippen LogP contribution >= 0.6 is 15.9 Å². The summed E-state index contributed by atoms with van der Waals surface area (Å²) in [4.78, 5) is 37.1. The van der Waals surface area contributed by atoms with Gasteiger partial charge in [0.15, 0.2) is 0 Å². The number of aliphatic hydroxyl groups excluding tert-OH is 2. The monoisotopic (exact) mass is 446 g/mol. The van der Waals surface area contributed by atoms with E-state index in [0.717, 1.165) is 9.37 Å². The maximum Gasteiger partial charge on any atom is 0.295 e. The first-order chi connectivity index (χ1) is 13.4. The first kappa shape index (κ1) is 19.7. The molecule has 8 nitrogen and oxygen atoms in total. The van der Waals surface area contributed by atoms with Crippen molar-refractivity contribution in [2.45, 2.75) is 6.04 Å². The van der Waals surface area contributed by atoms with Crippen LogP contribution in [-0.2, 0) is 9.59 Å². The average molecular weight is 447 g/mol. The summed E-state index contributed by atoms with van der Waals surface area (Å²) in [6.07, 6.45) is 0. The second-order valence-corrected chi connectivity index (χ2v) is 6.95. The minimum atomic E-state index is -1.18. The lowest BCUT2D eigenvalue weighted by atomic mass is 9.94. The number of carbonyl (C=O) groups excluding carboxylic acids is 2. The SMILES string of the molecule is O=C1C(=O)N(CCO)C(c2ccccc2[N+](=O)[O-])/C1=C(\O)c1ccc(Br)cc1. The summed E-state index contributed by atoms with van der Waals surface area (Å²) in [5.41, 5.74) is -0.179. The van der Waals surface area contributed by atoms with Gasteiger partial charge >= 0.3 is 0 Å². The Hall–Kier alpha value is -3.04. The van der Waals surface area contributed by atoms with Crippen LogP contribution in [0, 0.1) is 10.1 Å². The van der Waals surface area contributed by atoms with Crippen LogP contribution in [0.15, 0.2) is 58.6 Å². The molecule has 0 aromatic heterocycles. The van der Waals surface area contributed by atoms with E-state index in [-0.39, 0.29) is 28.9 Å². The van der Waals surface area contributed by atoms with Gasteiger partial charge in [-0.15, -0.1) is 0 Å². The molecule has 0 saturated carbocycles. The van der Waals surface area contributed by atoms with E-state index >= 15 is 0 Å². The van der Waals surface area contributed by atoms with Crippen molar-refractivity contribution in [1.82, 2.24) is 4.90 Å². The van der Waals surface area contributed by atoms with Crippen molar-refractivity contribution < 1.29 is 24.7 Å². The zero-order chi connectivity index (χ0) is 20.4. The minimum Gasteiger partial charge on any atom is -0.507 e. The molecule has 0 aliphatic carbocycles. The van der Waals surface area contributed by atoms with Gasteiger partial charge in [-0.1, -0.05) is 40.2 Å². The van der Waals surface area contributed by atoms with Gasteiger partial charge in [-0.05, 0) is 18.2 Å². The van der Waals surface area contributed by atoms with Gasteiger partial charge in [-0.3, -0.25) is 19.7 Å². The molecule has 0 radical (unpaired) electrons. The zero-order valence-electron chi connectivity index (χ0n) is 14.4. The number of β-amino-alcohol motifs (C(OH)–C–C–N with tert-alkyl or cyclic N) is 1. The number of hydrogen-bond donors (Lipinski definition) is 2. The Balaban J connectivity index is 2.26. The van der Waals surface area contributed by atoms with Gasteiger partial charge in [0.05, 0.1) is 28.7 Å². The second kappa shape index (κ2) is 7.91. The van der Waals surface area contributed by atoms with E-state index in [1.165, 1.54) is 18.2 Å². The maximum absolute atomic E-state index is 12.7. The molecule has 1 unspecified atom stereocenters.